The van der Waals surface area contributed by atoms with E-state index in [0.29, 0.717) is 0 Å². The van der Waals surface area contributed by atoms with Crippen LogP contribution >= 0.6 is 43.5 Å². The minimum atomic E-state index is -0.209. The van der Waals surface area contributed by atoms with Crippen LogP contribution < -0.4 is 5.69 Å². The molecule has 0 saturated carbocycles. The van der Waals surface area contributed by atoms with E-state index in [1.807, 2.05) is 37.3 Å². The monoisotopic (exact) mass is 428 g/mol. The van der Waals surface area contributed by atoms with Gasteiger partial charge in [0.05, 0.1) is 15.9 Å². The minimum absolute atomic E-state index is 0.0200. The molecule has 0 spiro atoms. The number of halogens is 3. The molecule has 3 rings (SSSR count). The average molecular weight is 431 g/mol. The highest BCUT2D eigenvalue weighted by Crippen LogP contribution is 2.39. The van der Waals surface area contributed by atoms with E-state index in [1.54, 1.807) is 0 Å². The quantitative estimate of drug-likeness (QED) is 0.548. The summed E-state index contributed by atoms with van der Waals surface area (Å²) >= 11 is 13.5. The molecule has 3 nitrogen and oxygen atoms in total. The van der Waals surface area contributed by atoms with Crippen molar-refractivity contribution in [3.05, 3.63) is 67.0 Å². The van der Waals surface area contributed by atoms with Gasteiger partial charge in [0.1, 0.15) is 0 Å². The molecule has 6 heteroatoms. The molecule has 0 aliphatic heterocycles. The summed E-state index contributed by atoms with van der Waals surface area (Å²) in [5.74, 6) is 0. The smallest absolute Gasteiger partial charge is 0.306 e. The Morgan fingerprint density at radius 1 is 1.14 bits per heavy atom. The minimum Gasteiger partial charge on any atom is -0.306 e. The van der Waals surface area contributed by atoms with Crippen LogP contribution in [-0.4, -0.2) is 9.97 Å². The zero-order valence-corrected chi connectivity index (χ0v) is 14.9. The standard InChI is InChI=1S/C15H11Br2ClN2O/c1-7-8(3-2-4-11(7)18)14(17)9-5-12-13(6-10(9)16)20-15(21)19-12/h2-6,14H,1H3,(H2,19,20,21). The third-order valence-electron chi connectivity index (χ3n) is 3.49. The van der Waals surface area contributed by atoms with Gasteiger partial charge in [-0.05, 0) is 41.8 Å². The molecule has 1 atom stereocenters. The highest BCUT2D eigenvalue weighted by Gasteiger charge is 2.18. The maximum Gasteiger partial charge on any atom is 0.323 e. The molecule has 2 N–H and O–H groups in total. The Hall–Kier alpha value is -1.04. The van der Waals surface area contributed by atoms with Gasteiger partial charge in [0.2, 0.25) is 0 Å². The first-order valence-electron chi connectivity index (χ1n) is 6.28. The number of aromatic nitrogens is 2. The second-order valence-corrected chi connectivity index (χ2v) is 6.99. The van der Waals surface area contributed by atoms with Crippen LogP contribution in [0.1, 0.15) is 21.5 Å². The van der Waals surface area contributed by atoms with E-state index in [-0.39, 0.29) is 10.5 Å². The summed E-state index contributed by atoms with van der Waals surface area (Å²) in [6.45, 7) is 2.00. The third kappa shape index (κ3) is 2.70. The van der Waals surface area contributed by atoms with Crippen molar-refractivity contribution in [2.24, 2.45) is 0 Å². The fourth-order valence-corrected chi connectivity index (χ4v) is 4.27. The molecule has 2 aromatic carbocycles. The maximum atomic E-state index is 11.4. The number of imidazole rings is 1. The van der Waals surface area contributed by atoms with E-state index in [9.17, 15) is 4.79 Å². The van der Waals surface area contributed by atoms with Gasteiger partial charge in [-0.2, -0.15) is 0 Å². The number of rotatable bonds is 2. The molecule has 0 aliphatic rings. The van der Waals surface area contributed by atoms with Gasteiger partial charge in [-0.15, -0.1) is 0 Å². The van der Waals surface area contributed by atoms with Crippen LogP contribution in [0.2, 0.25) is 5.02 Å². The second-order valence-electron chi connectivity index (χ2n) is 4.82. The number of hydrogen-bond acceptors (Lipinski definition) is 1. The van der Waals surface area contributed by atoms with Crippen molar-refractivity contribution in [2.45, 2.75) is 11.8 Å². The lowest BCUT2D eigenvalue weighted by molar-refractivity contribution is 1.14. The number of aromatic amines is 2. The van der Waals surface area contributed by atoms with Gasteiger partial charge in [-0.25, -0.2) is 4.79 Å². The Balaban J connectivity index is 2.16. The highest BCUT2D eigenvalue weighted by molar-refractivity contribution is 9.11. The van der Waals surface area contributed by atoms with Crippen LogP contribution in [-0.2, 0) is 0 Å². The van der Waals surface area contributed by atoms with Crippen molar-refractivity contribution in [3.63, 3.8) is 0 Å². The summed E-state index contributed by atoms with van der Waals surface area (Å²) in [5, 5.41) is 0.740. The molecule has 0 radical (unpaired) electrons. The fraction of sp³-hybridized carbons (Fsp3) is 0.133. The van der Waals surface area contributed by atoms with E-state index in [0.717, 1.165) is 37.2 Å². The van der Waals surface area contributed by atoms with Crippen molar-refractivity contribution >= 4 is 54.5 Å². The zero-order valence-electron chi connectivity index (χ0n) is 11.0. The van der Waals surface area contributed by atoms with Gasteiger partial charge in [-0.3, -0.25) is 0 Å². The molecule has 108 valence electrons. The molecule has 0 amide bonds. The lowest BCUT2D eigenvalue weighted by Crippen LogP contribution is -1.99. The van der Waals surface area contributed by atoms with Gasteiger partial charge in [-0.1, -0.05) is 55.6 Å². The number of alkyl halides is 1. The van der Waals surface area contributed by atoms with E-state index >= 15 is 0 Å². The summed E-state index contributed by atoms with van der Waals surface area (Å²) in [7, 11) is 0. The molecular weight excluding hydrogens is 419 g/mol. The SMILES string of the molecule is Cc1c(Cl)cccc1C(Br)c1cc2[nH]c(=O)[nH]c2cc1Br. The normalized spacial score (nSPS) is 12.8. The van der Waals surface area contributed by atoms with E-state index in [1.165, 1.54) is 0 Å². The summed E-state index contributed by atoms with van der Waals surface area (Å²) in [6.07, 6.45) is 0. The second kappa shape index (κ2) is 5.63. The first-order valence-corrected chi connectivity index (χ1v) is 8.36. The van der Waals surface area contributed by atoms with E-state index < -0.39 is 0 Å². The summed E-state index contributed by atoms with van der Waals surface area (Å²) in [6, 6.07) is 9.70. The van der Waals surface area contributed by atoms with Crippen molar-refractivity contribution in [3.8, 4) is 0 Å². The van der Waals surface area contributed by atoms with E-state index in [2.05, 4.69) is 41.8 Å². The van der Waals surface area contributed by atoms with Crippen molar-refractivity contribution in [1.29, 1.82) is 0 Å². The number of benzene rings is 2. The Bertz CT molecular complexity index is 885. The molecule has 0 bridgehead atoms. The third-order valence-corrected chi connectivity index (χ3v) is 5.57. The molecule has 3 aromatic rings. The summed E-state index contributed by atoms with van der Waals surface area (Å²) in [5.41, 5.74) is 4.51. The maximum absolute atomic E-state index is 11.4. The largest absolute Gasteiger partial charge is 0.323 e. The highest BCUT2D eigenvalue weighted by atomic mass is 79.9. The number of H-pyrrole nitrogens is 2. The van der Waals surface area contributed by atoms with Crippen LogP contribution in [0.5, 0.6) is 0 Å². The molecule has 0 fully saturated rings. The molecule has 0 aliphatic carbocycles. The average Bonchev–Trinajstić information content (AvgIpc) is 2.79. The van der Waals surface area contributed by atoms with Crippen LogP contribution in [0.4, 0.5) is 0 Å². The first kappa shape index (κ1) is 14.9. The van der Waals surface area contributed by atoms with E-state index in [4.69, 9.17) is 11.6 Å². The Morgan fingerprint density at radius 3 is 2.52 bits per heavy atom. The van der Waals surface area contributed by atoms with Crippen LogP contribution in [0, 0.1) is 6.92 Å². The lowest BCUT2D eigenvalue weighted by atomic mass is 10.00. The first-order chi connectivity index (χ1) is 9.97. The van der Waals surface area contributed by atoms with Crippen molar-refractivity contribution < 1.29 is 0 Å². The predicted molar refractivity (Wildman–Crippen MR) is 93.6 cm³/mol. The Morgan fingerprint density at radius 2 is 1.81 bits per heavy atom. The zero-order chi connectivity index (χ0) is 15.1. The molecule has 1 aromatic heterocycles. The molecule has 21 heavy (non-hydrogen) atoms. The van der Waals surface area contributed by atoms with Gasteiger partial charge in [0, 0.05) is 9.50 Å². The number of fused-ring (bicyclic) bond motifs is 1. The predicted octanol–water partition coefficient (Wildman–Crippen LogP) is 5.06. The van der Waals surface area contributed by atoms with Crippen molar-refractivity contribution in [2.75, 3.05) is 0 Å². The topological polar surface area (TPSA) is 48.6 Å². The van der Waals surface area contributed by atoms with Gasteiger partial charge < -0.3 is 9.97 Å². The Labute approximate surface area is 143 Å². The summed E-state index contributed by atoms with van der Waals surface area (Å²) < 4.78 is 0.923. The molecular formula is C15H11Br2ClN2O. The van der Waals surface area contributed by atoms with Crippen LogP contribution in [0.25, 0.3) is 11.0 Å². The van der Waals surface area contributed by atoms with Crippen molar-refractivity contribution in [1.82, 2.24) is 9.97 Å². The molecule has 1 heterocycles. The summed E-state index contributed by atoms with van der Waals surface area (Å²) in [4.78, 5) is 16.9. The molecule has 0 saturated heterocycles. The Kier molecular flexibility index (Phi) is 3.99. The van der Waals surface area contributed by atoms with Crippen LogP contribution in [0.15, 0.2) is 39.6 Å². The van der Waals surface area contributed by atoms with Gasteiger partial charge in [0.25, 0.3) is 0 Å². The van der Waals surface area contributed by atoms with Gasteiger partial charge >= 0.3 is 5.69 Å². The fourth-order valence-electron chi connectivity index (χ4n) is 2.33. The lowest BCUT2D eigenvalue weighted by Gasteiger charge is -2.16. The van der Waals surface area contributed by atoms with Crippen LogP contribution in [0.3, 0.4) is 0 Å². The number of hydrogen-bond donors (Lipinski definition) is 2. The molecule has 1 unspecified atom stereocenters. The number of nitrogens with one attached hydrogen (secondary N) is 2. The van der Waals surface area contributed by atoms with Gasteiger partial charge in [0.15, 0.2) is 0 Å².